The molecule has 3 heterocycles. The molecule has 2 N–H and O–H groups in total. The van der Waals surface area contributed by atoms with Crippen molar-refractivity contribution in [2.45, 2.75) is 31.7 Å². The number of rotatable bonds is 6. The average molecular weight is 383 g/mol. The smallest absolute Gasteiger partial charge is 0.309 e. The number of ether oxygens (including phenoxy) is 2. The van der Waals surface area contributed by atoms with E-state index in [4.69, 9.17) is 9.47 Å². The maximum Gasteiger partial charge on any atom is 0.309 e. The van der Waals surface area contributed by atoms with Gasteiger partial charge in [0.25, 0.3) is 0 Å². The van der Waals surface area contributed by atoms with Crippen molar-refractivity contribution < 1.29 is 19.1 Å². The van der Waals surface area contributed by atoms with Crippen LogP contribution >= 0.6 is 0 Å². The zero-order valence-electron chi connectivity index (χ0n) is 16.3. The summed E-state index contributed by atoms with van der Waals surface area (Å²) in [5, 5.41) is 5.53. The summed E-state index contributed by atoms with van der Waals surface area (Å²) in [6.07, 6.45) is 4.42. The van der Waals surface area contributed by atoms with Crippen LogP contribution in [0.1, 0.15) is 25.7 Å². The fraction of sp³-hybridized carbons (Fsp3) is 0.895. The van der Waals surface area contributed by atoms with Crippen LogP contribution in [0.3, 0.4) is 0 Å². The summed E-state index contributed by atoms with van der Waals surface area (Å²) in [7, 11) is 0. The Bertz CT molecular complexity index is 470. The number of morpholine rings is 1. The Morgan fingerprint density at radius 2 is 1.44 bits per heavy atom. The lowest BCUT2D eigenvalue weighted by atomic mass is 9.94. The van der Waals surface area contributed by atoms with Crippen molar-refractivity contribution in [1.29, 1.82) is 0 Å². The second kappa shape index (κ2) is 10.9. The van der Waals surface area contributed by atoms with Gasteiger partial charge in [-0.2, -0.15) is 0 Å². The van der Waals surface area contributed by atoms with Gasteiger partial charge in [-0.3, -0.25) is 14.5 Å². The second-order valence-corrected chi connectivity index (χ2v) is 7.74. The molecule has 0 unspecified atom stereocenters. The molecule has 2 amide bonds. The van der Waals surface area contributed by atoms with Gasteiger partial charge in [-0.15, -0.1) is 0 Å². The molecule has 0 atom stereocenters. The lowest BCUT2D eigenvalue weighted by Crippen LogP contribution is -2.48. The highest BCUT2D eigenvalue weighted by Gasteiger charge is 2.27. The van der Waals surface area contributed by atoms with Crippen LogP contribution in [0.15, 0.2) is 0 Å². The standard InChI is InChI=1S/C19H34N4O4/c24-18(20-5-8-22-9-13-27-14-10-22)19(25)21-15-16-1-6-23(7-2-16)17-3-11-26-12-4-17/h16-17H,1-15H2,(H,20,24)(H,21,25). The zero-order chi connectivity index (χ0) is 18.9. The quantitative estimate of drug-likeness (QED) is 0.600. The monoisotopic (exact) mass is 382 g/mol. The molecular formula is C19H34N4O4. The van der Waals surface area contributed by atoms with Crippen LogP contribution in [0.5, 0.6) is 0 Å². The summed E-state index contributed by atoms with van der Waals surface area (Å²) in [5.74, 6) is -0.571. The highest BCUT2D eigenvalue weighted by molar-refractivity contribution is 6.35. The predicted octanol–water partition coefficient (Wildman–Crippen LogP) is -0.558. The molecule has 154 valence electrons. The van der Waals surface area contributed by atoms with Crippen LogP contribution in [-0.4, -0.2) is 99.9 Å². The van der Waals surface area contributed by atoms with Crippen LogP contribution in [-0.2, 0) is 19.1 Å². The molecular weight excluding hydrogens is 348 g/mol. The number of nitrogens with one attached hydrogen (secondary N) is 2. The molecule has 27 heavy (non-hydrogen) atoms. The van der Waals surface area contributed by atoms with E-state index < -0.39 is 11.8 Å². The molecule has 0 spiro atoms. The number of nitrogens with zero attached hydrogens (tertiary/aromatic N) is 2. The van der Waals surface area contributed by atoms with E-state index in [0.29, 0.717) is 25.0 Å². The summed E-state index contributed by atoms with van der Waals surface area (Å²) in [4.78, 5) is 28.7. The van der Waals surface area contributed by atoms with E-state index in [2.05, 4.69) is 20.4 Å². The Balaban J connectivity index is 1.26. The summed E-state index contributed by atoms with van der Waals surface area (Å²) >= 11 is 0. The molecule has 0 aliphatic carbocycles. The van der Waals surface area contributed by atoms with Gasteiger partial charge < -0.3 is 25.0 Å². The molecule has 3 fully saturated rings. The van der Waals surface area contributed by atoms with E-state index in [1.807, 2.05) is 0 Å². The van der Waals surface area contributed by atoms with Gasteiger partial charge in [0.2, 0.25) is 0 Å². The third kappa shape index (κ3) is 6.71. The van der Waals surface area contributed by atoms with Crippen LogP contribution in [0.25, 0.3) is 0 Å². The van der Waals surface area contributed by atoms with Crippen molar-refractivity contribution in [3.63, 3.8) is 0 Å². The van der Waals surface area contributed by atoms with Crippen molar-refractivity contribution in [2.24, 2.45) is 5.92 Å². The summed E-state index contributed by atoms with van der Waals surface area (Å²) in [6, 6.07) is 0.659. The summed E-state index contributed by atoms with van der Waals surface area (Å²) in [5.41, 5.74) is 0. The zero-order valence-corrected chi connectivity index (χ0v) is 16.3. The van der Waals surface area contributed by atoms with Crippen molar-refractivity contribution in [1.82, 2.24) is 20.4 Å². The normalized spacial score (nSPS) is 23.9. The van der Waals surface area contributed by atoms with Gasteiger partial charge in [0.05, 0.1) is 13.2 Å². The lowest BCUT2D eigenvalue weighted by Gasteiger charge is -2.39. The highest BCUT2D eigenvalue weighted by atomic mass is 16.5. The lowest BCUT2D eigenvalue weighted by molar-refractivity contribution is -0.139. The van der Waals surface area contributed by atoms with E-state index in [-0.39, 0.29) is 0 Å². The number of amides is 2. The molecule has 0 bridgehead atoms. The largest absolute Gasteiger partial charge is 0.381 e. The van der Waals surface area contributed by atoms with Gasteiger partial charge in [-0.25, -0.2) is 0 Å². The third-order valence-corrected chi connectivity index (χ3v) is 5.93. The summed E-state index contributed by atoms with van der Waals surface area (Å²) in [6.45, 7) is 9.00. The molecule has 3 saturated heterocycles. The van der Waals surface area contributed by atoms with Gasteiger partial charge in [0.1, 0.15) is 0 Å². The molecule has 0 aromatic rings. The first-order valence-electron chi connectivity index (χ1n) is 10.4. The number of hydrogen-bond acceptors (Lipinski definition) is 6. The summed E-state index contributed by atoms with van der Waals surface area (Å²) < 4.78 is 10.7. The van der Waals surface area contributed by atoms with E-state index in [0.717, 1.165) is 84.8 Å². The molecule has 0 radical (unpaired) electrons. The Labute approximate surface area is 161 Å². The fourth-order valence-corrected chi connectivity index (χ4v) is 4.12. The minimum Gasteiger partial charge on any atom is -0.381 e. The van der Waals surface area contributed by atoms with Crippen molar-refractivity contribution >= 4 is 11.8 Å². The van der Waals surface area contributed by atoms with Crippen molar-refractivity contribution in [3.05, 3.63) is 0 Å². The Morgan fingerprint density at radius 3 is 2.15 bits per heavy atom. The molecule has 3 aliphatic rings. The van der Waals surface area contributed by atoms with Gasteiger partial charge in [-0.1, -0.05) is 0 Å². The van der Waals surface area contributed by atoms with Crippen LogP contribution in [0.4, 0.5) is 0 Å². The van der Waals surface area contributed by atoms with E-state index in [1.165, 1.54) is 0 Å². The van der Waals surface area contributed by atoms with E-state index in [1.54, 1.807) is 0 Å². The minimum atomic E-state index is -0.525. The molecule has 8 nitrogen and oxygen atoms in total. The number of hydrogen-bond donors (Lipinski definition) is 2. The van der Waals surface area contributed by atoms with Crippen molar-refractivity contribution in [2.75, 3.05) is 72.2 Å². The van der Waals surface area contributed by atoms with Gasteiger partial charge in [0.15, 0.2) is 0 Å². The maximum atomic E-state index is 12.0. The maximum absolute atomic E-state index is 12.0. The predicted molar refractivity (Wildman–Crippen MR) is 101 cm³/mol. The van der Waals surface area contributed by atoms with Gasteiger partial charge >= 0.3 is 11.8 Å². The van der Waals surface area contributed by atoms with Crippen LogP contribution < -0.4 is 10.6 Å². The molecule has 8 heteroatoms. The SMILES string of the molecule is O=C(NCCN1CCOCC1)C(=O)NCC1CCN(C2CCOCC2)CC1. The number of likely N-dealkylation sites (tertiary alicyclic amines) is 1. The molecule has 3 rings (SSSR count). The number of carbonyl (C=O) groups excluding carboxylic acids is 2. The Hall–Kier alpha value is -1.22. The van der Waals surface area contributed by atoms with Crippen molar-refractivity contribution in [3.8, 4) is 0 Å². The van der Waals surface area contributed by atoms with Gasteiger partial charge in [-0.05, 0) is 44.7 Å². The molecule has 0 saturated carbocycles. The molecule has 0 aromatic carbocycles. The minimum absolute atomic E-state index is 0.464. The number of carbonyl (C=O) groups is 2. The van der Waals surface area contributed by atoms with Crippen LogP contribution in [0.2, 0.25) is 0 Å². The average Bonchev–Trinajstić information content (AvgIpc) is 2.73. The first-order valence-corrected chi connectivity index (χ1v) is 10.4. The highest BCUT2D eigenvalue weighted by Crippen LogP contribution is 2.22. The third-order valence-electron chi connectivity index (χ3n) is 5.93. The second-order valence-electron chi connectivity index (χ2n) is 7.74. The van der Waals surface area contributed by atoms with E-state index in [9.17, 15) is 9.59 Å². The topological polar surface area (TPSA) is 83.1 Å². The van der Waals surface area contributed by atoms with E-state index >= 15 is 0 Å². The van der Waals surface area contributed by atoms with Crippen LogP contribution in [0, 0.1) is 5.92 Å². The Kier molecular flexibility index (Phi) is 8.32. The molecule has 0 aromatic heterocycles. The van der Waals surface area contributed by atoms with Gasteiger partial charge in [0, 0.05) is 52.0 Å². The molecule has 3 aliphatic heterocycles. The first-order chi connectivity index (χ1) is 13.2. The number of piperidine rings is 1. The Morgan fingerprint density at radius 1 is 0.815 bits per heavy atom. The first kappa shape index (κ1) is 20.5. The fourth-order valence-electron chi connectivity index (χ4n) is 4.12.